The first-order valence-corrected chi connectivity index (χ1v) is 7.85. The summed E-state index contributed by atoms with van der Waals surface area (Å²) in [5.74, 6) is 2.05. The predicted octanol–water partition coefficient (Wildman–Crippen LogP) is 2.89. The molecule has 0 aromatic carbocycles. The lowest BCUT2D eigenvalue weighted by atomic mass is 9.77. The number of hydrogen-bond donors (Lipinski definition) is 1. The number of carbonyl (C=O) groups excluding carboxylic acids is 1. The summed E-state index contributed by atoms with van der Waals surface area (Å²) in [6, 6.07) is 0.294. The molecule has 19 heavy (non-hydrogen) atoms. The van der Waals surface area contributed by atoms with Crippen LogP contribution in [0.1, 0.15) is 53.9 Å². The van der Waals surface area contributed by atoms with Crippen LogP contribution in [0, 0.1) is 23.7 Å². The van der Waals surface area contributed by atoms with E-state index in [0.29, 0.717) is 29.7 Å². The van der Waals surface area contributed by atoms with Crippen LogP contribution in [-0.2, 0) is 4.79 Å². The predicted molar refractivity (Wildman–Crippen MR) is 80.7 cm³/mol. The molecule has 3 heteroatoms. The second-order valence-corrected chi connectivity index (χ2v) is 7.19. The summed E-state index contributed by atoms with van der Waals surface area (Å²) in [6.45, 7) is 12.7. The molecule has 1 rings (SSSR count). The molecule has 0 spiro atoms. The van der Waals surface area contributed by atoms with E-state index in [1.165, 1.54) is 0 Å². The van der Waals surface area contributed by atoms with Crippen molar-refractivity contribution in [2.24, 2.45) is 29.4 Å². The third-order valence-electron chi connectivity index (χ3n) is 4.01. The highest BCUT2D eigenvalue weighted by molar-refractivity contribution is 5.79. The van der Waals surface area contributed by atoms with E-state index >= 15 is 0 Å². The molecule has 1 aliphatic carbocycles. The fourth-order valence-electron chi connectivity index (χ4n) is 3.18. The van der Waals surface area contributed by atoms with E-state index in [0.717, 1.165) is 32.4 Å². The summed E-state index contributed by atoms with van der Waals surface area (Å²) in [4.78, 5) is 14.9. The van der Waals surface area contributed by atoms with E-state index < -0.39 is 0 Å². The minimum absolute atomic E-state index is 0.192. The van der Waals surface area contributed by atoms with Crippen LogP contribution < -0.4 is 5.73 Å². The normalized spacial score (nSPS) is 27.9. The molecule has 1 saturated carbocycles. The van der Waals surface area contributed by atoms with Crippen LogP contribution in [0.2, 0.25) is 0 Å². The van der Waals surface area contributed by atoms with Crippen LogP contribution in [0.4, 0.5) is 0 Å². The minimum atomic E-state index is 0.192. The Morgan fingerprint density at radius 2 is 1.68 bits per heavy atom. The van der Waals surface area contributed by atoms with Crippen LogP contribution in [-0.4, -0.2) is 29.9 Å². The molecule has 0 aromatic rings. The van der Waals surface area contributed by atoms with Gasteiger partial charge in [0.1, 0.15) is 0 Å². The fourth-order valence-corrected chi connectivity index (χ4v) is 3.18. The van der Waals surface area contributed by atoms with E-state index in [-0.39, 0.29) is 5.92 Å². The lowest BCUT2D eigenvalue weighted by Crippen LogP contribution is -2.45. The van der Waals surface area contributed by atoms with Crippen molar-refractivity contribution in [1.29, 1.82) is 0 Å². The van der Waals surface area contributed by atoms with Gasteiger partial charge in [-0.3, -0.25) is 4.79 Å². The van der Waals surface area contributed by atoms with Crippen molar-refractivity contribution in [1.82, 2.24) is 4.90 Å². The molecule has 1 amide bonds. The third kappa shape index (κ3) is 5.13. The van der Waals surface area contributed by atoms with Gasteiger partial charge in [0, 0.05) is 25.0 Å². The molecule has 112 valence electrons. The first kappa shape index (κ1) is 16.5. The average Bonchev–Trinajstić information content (AvgIpc) is 2.26. The Kier molecular flexibility index (Phi) is 6.31. The van der Waals surface area contributed by atoms with E-state index in [1.807, 2.05) is 0 Å². The molecule has 3 unspecified atom stereocenters. The second kappa shape index (κ2) is 7.28. The number of hydrogen-bond acceptors (Lipinski definition) is 2. The molecule has 1 fully saturated rings. The van der Waals surface area contributed by atoms with Crippen LogP contribution in [0.3, 0.4) is 0 Å². The SMILES string of the molecule is CC(C)CN(CC(C)C)C(=O)C1CCC(N)CC1C. The number of carbonyl (C=O) groups is 1. The lowest BCUT2D eigenvalue weighted by molar-refractivity contribution is -0.139. The van der Waals surface area contributed by atoms with E-state index in [9.17, 15) is 4.79 Å². The molecule has 0 heterocycles. The van der Waals surface area contributed by atoms with Crippen LogP contribution in [0.25, 0.3) is 0 Å². The van der Waals surface area contributed by atoms with Gasteiger partial charge in [-0.25, -0.2) is 0 Å². The van der Waals surface area contributed by atoms with Gasteiger partial charge in [-0.15, -0.1) is 0 Å². The molecule has 3 atom stereocenters. The van der Waals surface area contributed by atoms with Gasteiger partial charge in [-0.2, -0.15) is 0 Å². The summed E-state index contributed by atoms with van der Waals surface area (Å²) in [5, 5.41) is 0. The van der Waals surface area contributed by atoms with Crippen molar-refractivity contribution in [3.05, 3.63) is 0 Å². The van der Waals surface area contributed by atoms with Gasteiger partial charge in [-0.1, -0.05) is 34.6 Å². The zero-order chi connectivity index (χ0) is 14.6. The van der Waals surface area contributed by atoms with Gasteiger partial charge in [0.05, 0.1) is 0 Å². The topological polar surface area (TPSA) is 46.3 Å². The highest BCUT2D eigenvalue weighted by atomic mass is 16.2. The first-order valence-electron chi connectivity index (χ1n) is 7.85. The molecule has 2 N–H and O–H groups in total. The Bertz CT molecular complexity index is 278. The molecular weight excluding hydrogens is 236 g/mol. The summed E-state index contributed by atoms with van der Waals surface area (Å²) in [5.41, 5.74) is 6.00. The maximum atomic E-state index is 12.8. The van der Waals surface area contributed by atoms with Crippen molar-refractivity contribution < 1.29 is 4.79 Å². The Hall–Kier alpha value is -0.570. The second-order valence-electron chi connectivity index (χ2n) is 7.19. The lowest BCUT2D eigenvalue weighted by Gasteiger charge is -2.36. The smallest absolute Gasteiger partial charge is 0.225 e. The third-order valence-corrected chi connectivity index (χ3v) is 4.01. The van der Waals surface area contributed by atoms with Crippen LogP contribution in [0.15, 0.2) is 0 Å². The van der Waals surface area contributed by atoms with Gasteiger partial charge >= 0.3 is 0 Å². The van der Waals surface area contributed by atoms with Gasteiger partial charge in [-0.05, 0) is 37.0 Å². The molecule has 0 aromatic heterocycles. The standard InChI is InChI=1S/C16H32N2O/c1-11(2)9-18(10-12(3)4)16(19)15-7-6-14(17)8-13(15)5/h11-15H,6-10,17H2,1-5H3. The molecular formula is C16H32N2O. The molecule has 1 aliphatic rings. The number of amides is 1. The van der Waals surface area contributed by atoms with Crippen LogP contribution >= 0.6 is 0 Å². The molecule has 0 saturated heterocycles. The minimum Gasteiger partial charge on any atom is -0.342 e. The maximum absolute atomic E-state index is 12.8. The number of rotatable bonds is 5. The van der Waals surface area contributed by atoms with Crippen molar-refractivity contribution in [3.63, 3.8) is 0 Å². The van der Waals surface area contributed by atoms with Crippen molar-refractivity contribution in [2.75, 3.05) is 13.1 Å². The van der Waals surface area contributed by atoms with Crippen LogP contribution in [0.5, 0.6) is 0 Å². The molecule has 0 aliphatic heterocycles. The number of nitrogens with two attached hydrogens (primary N) is 1. The average molecular weight is 268 g/mol. The Morgan fingerprint density at radius 3 is 2.11 bits per heavy atom. The van der Waals surface area contributed by atoms with E-state index in [4.69, 9.17) is 5.73 Å². The van der Waals surface area contributed by atoms with Gasteiger partial charge < -0.3 is 10.6 Å². The Labute approximate surface area is 118 Å². The van der Waals surface area contributed by atoms with Gasteiger partial charge in [0.15, 0.2) is 0 Å². The Morgan fingerprint density at radius 1 is 1.16 bits per heavy atom. The fraction of sp³-hybridized carbons (Fsp3) is 0.938. The number of nitrogens with zero attached hydrogens (tertiary/aromatic N) is 1. The highest BCUT2D eigenvalue weighted by Crippen LogP contribution is 2.31. The molecule has 0 bridgehead atoms. The van der Waals surface area contributed by atoms with Crippen molar-refractivity contribution in [3.8, 4) is 0 Å². The zero-order valence-corrected chi connectivity index (χ0v) is 13.4. The summed E-state index contributed by atoms with van der Waals surface area (Å²) in [7, 11) is 0. The van der Waals surface area contributed by atoms with E-state index in [1.54, 1.807) is 0 Å². The summed E-state index contributed by atoms with van der Waals surface area (Å²) >= 11 is 0. The van der Waals surface area contributed by atoms with Crippen molar-refractivity contribution >= 4 is 5.91 Å². The summed E-state index contributed by atoms with van der Waals surface area (Å²) in [6.07, 6.45) is 2.96. The van der Waals surface area contributed by atoms with Gasteiger partial charge in [0.25, 0.3) is 0 Å². The van der Waals surface area contributed by atoms with E-state index in [2.05, 4.69) is 39.5 Å². The zero-order valence-electron chi connectivity index (χ0n) is 13.4. The van der Waals surface area contributed by atoms with Crippen molar-refractivity contribution in [2.45, 2.75) is 59.9 Å². The van der Waals surface area contributed by atoms with Gasteiger partial charge in [0.2, 0.25) is 5.91 Å². The highest BCUT2D eigenvalue weighted by Gasteiger charge is 2.33. The Balaban J connectivity index is 2.69. The maximum Gasteiger partial charge on any atom is 0.225 e. The summed E-state index contributed by atoms with van der Waals surface area (Å²) < 4.78 is 0. The first-order chi connectivity index (χ1) is 8.81. The quantitative estimate of drug-likeness (QED) is 0.833. The largest absolute Gasteiger partial charge is 0.342 e. The monoisotopic (exact) mass is 268 g/mol. The molecule has 0 radical (unpaired) electrons. The molecule has 3 nitrogen and oxygen atoms in total.